The van der Waals surface area contributed by atoms with Crippen LogP contribution in [0.1, 0.15) is 6.42 Å². The second-order valence-electron chi connectivity index (χ2n) is 2.01. The van der Waals surface area contributed by atoms with E-state index < -0.39 is 0 Å². The molecule has 0 spiro atoms. The van der Waals surface area contributed by atoms with Crippen LogP contribution in [-0.4, -0.2) is 16.1 Å². The standard InChI is InChI=1S/C7H9N3O/c1-2-3-7(11)9-6-4-5-8-10-6/h2,4-5H,1,3H2,(H2,8,9,10,11). The Hall–Kier alpha value is -1.58. The van der Waals surface area contributed by atoms with E-state index in [1.165, 1.54) is 0 Å². The van der Waals surface area contributed by atoms with Gasteiger partial charge in [0, 0.05) is 12.5 Å². The van der Waals surface area contributed by atoms with Gasteiger partial charge in [-0.25, -0.2) is 0 Å². The summed E-state index contributed by atoms with van der Waals surface area (Å²) in [6.07, 6.45) is 3.44. The first-order valence-electron chi connectivity index (χ1n) is 3.23. The molecule has 0 saturated heterocycles. The third-order valence-corrected chi connectivity index (χ3v) is 1.10. The molecule has 58 valence electrons. The highest BCUT2D eigenvalue weighted by Crippen LogP contribution is 1.98. The Morgan fingerprint density at radius 2 is 2.73 bits per heavy atom. The van der Waals surface area contributed by atoms with E-state index in [9.17, 15) is 4.79 Å². The molecule has 0 aliphatic rings. The summed E-state index contributed by atoms with van der Waals surface area (Å²) in [5, 5.41) is 8.87. The first-order chi connectivity index (χ1) is 5.33. The molecule has 1 heterocycles. The Kier molecular flexibility index (Phi) is 2.43. The molecule has 0 saturated carbocycles. The van der Waals surface area contributed by atoms with Crippen molar-refractivity contribution in [2.75, 3.05) is 5.32 Å². The molecule has 0 unspecified atom stereocenters. The summed E-state index contributed by atoms with van der Waals surface area (Å²) < 4.78 is 0. The van der Waals surface area contributed by atoms with Gasteiger partial charge in [-0.05, 0) is 0 Å². The monoisotopic (exact) mass is 151 g/mol. The molecule has 1 amide bonds. The first-order valence-corrected chi connectivity index (χ1v) is 3.23. The van der Waals surface area contributed by atoms with Crippen molar-refractivity contribution in [3.63, 3.8) is 0 Å². The van der Waals surface area contributed by atoms with Crippen LogP contribution in [0.2, 0.25) is 0 Å². The zero-order valence-corrected chi connectivity index (χ0v) is 6.00. The van der Waals surface area contributed by atoms with Gasteiger partial charge in [0.1, 0.15) is 5.82 Å². The molecule has 0 bridgehead atoms. The Morgan fingerprint density at radius 3 is 3.27 bits per heavy atom. The van der Waals surface area contributed by atoms with E-state index in [-0.39, 0.29) is 5.91 Å². The van der Waals surface area contributed by atoms with Crippen LogP contribution >= 0.6 is 0 Å². The predicted octanol–water partition coefficient (Wildman–Crippen LogP) is 0.924. The van der Waals surface area contributed by atoms with Crippen molar-refractivity contribution in [1.29, 1.82) is 0 Å². The average Bonchev–Trinajstić information content (AvgIpc) is 2.40. The molecule has 0 radical (unpaired) electrons. The van der Waals surface area contributed by atoms with Crippen molar-refractivity contribution >= 4 is 11.7 Å². The summed E-state index contributed by atoms with van der Waals surface area (Å²) in [4.78, 5) is 10.9. The highest BCUT2D eigenvalue weighted by atomic mass is 16.1. The van der Waals surface area contributed by atoms with Gasteiger partial charge >= 0.3 is 0 Å². The largest absolute Gasteiger partial charge is 0.311 e. The Morgan fingerprint density at radius 1 is 1.91 bits per heavy atom. The van der Waals surface area contributed by atoms with Gasteiger partial charge in [0.15, 0.2) is 0 Å². The Bertz CT molecular complexity index is 240. The van der Waals surface area contributed by atoms with Crippen LogP contribution in [0.15, 0.2) is 24.9 Å². The molecule has 1 aromatic heterocycles. The van der Waals surface area contributed by atoms with Crippen LogP contribution in [0.5, 0.6) is 0 Å². The van der Waals surface area contributed by atoms with Gasteiger partial charge < -0.3 is 5.32 Å². The number of nitrogens with one attached hydrogen (secondary N) is 2. The summed E-state index contributed by atoms with van der Waals surface area (Å²) in [7, 11) is 0. The summed E-state index contributed by atoms with van der Waals surface area (Å²) in [5.74, 6) is 0.515. The lowest BCUT2D eigenvalue weighted by Gasteiger charge is -1.96. The number of rotatable bonds is 3. The number of aromatic nitrogens is 2. The summed E-state index contributed by atoms with van der Waals surface area (Å²) >= 11 is 0. The maximum atomic E-state index is 10.9. The molecular formula is C7H9N3O. The molecule has 1 aromatic rings. The SMILES string of the molecule is C=CCC(=O)Nc1ccn[nH]1. The fourth-order valence-corrected chi connectivity index (χ4v) is 0.658. The van der Waals surface area contributed by atoms with E-state index in [1.807, 2.05) is 0 Å². The van der Waals surface area contributed by atoms with E-state index in [0.717, 1.165) is 0 Å². The lowest BCUT2D eigenvalue weighted by Crippen LogP contribution is -2.09. The number of hydrogen-bond acceptors (Lipinski definition) is 2. The summed E-state index contributed by atoms with van der Waals surface area (Å²) in [6.45, 7) is 3.44. The number of carbonyl (C=O) groups is 1. The number of aromatic amines is 1. The summed E-state index contributed by atoms with van der Waals surface area (Å²) in [6, 6.07) is 1.68. The molecule has 0 fully saturated rings. The summed E-state index contributed by atoms with van der Waals surface area (Å²) in [5.41, 5.74) is 0. The number of anilines is 1. The van der Waals surface area contributed by atoms with Crippen molar-refractivity contribution in [2.45, 2.75) is 6.42 Å². The molecular weight excluding hydrogens is 142 g/mol. The molecule has 1 rings (SSSR count). The zero-order chi connectivity index (χ0) is 8.10. The van der Waals surface area contributed by atoms with Gasteiger partial charge in [0.05, 0.1) is 6.20 Å². The third-order valence-electron chi connectivity index (χ3n) is 1.10. The quantitative estimate of drug-likeness (QED) is 0.631. The number of amides is 1. The molecule has 0 atom stereocenters. The van der Waals surface area contributed by atoms with E-state index in [1.54, 1.807) is 18.3 Å². The number of carbonyl (C=O) groups excluding carboxylic acids is 1. The number of nitrogens with zero attached hydrogens (tertiary/aromatic N) is 1. The number of H-pyrrole nitrogens is 1. The Balaban J connectivity index is 2.43. The zero-order valence-electron chi connectivity index (χ0n) is 6.00. The predicted molar refractivity (Wildman–Crippen MR) is 42.0 cm³/mol. The molecule has 4 nitrogen and oxygen atoms in total. The smallest absolute Gasteiger partial charge is 0.229 e. The van der Waals surface area contributed by atoms with Crippen LogP contribution in [0.4, 0.5) is 5.82 Å². The van der Waals surface area contributed by atoms with Crippen molar-refractivity contribution in [2.24, 2.45) is 0 Å². The van der Waals surface area contributed by atoms with Gasteiger partial charge in [0.25, 0.3) is 0 Å². The minimum Gasteiger partial charge on any atom is -0.311 e. The van der Waals surface area contributed by atoms with E-state index in [0.29, 0.717) is 12.2 Å². The van der Waals surface area contributed by atoms with E-state index in [2.05, 4.69) is 22.1 Å². The topological polar surface area (TPSA) is 57.8 Å². The van der Waals surface area contributed by atoms with Gasteiger partial charge in [0.2, 0.25) is 5.91 Å². The van der Waals surface area contributed by atoms with Gasteiger partial charge in [-0.2, -0.15) is 5.10 Å². The second kappa shape index (κ2) is 3.55. The molecule has 11 heavy (non-hydrogen) atoms. The van der Waals surface area contributed by atoms with Crippen molar-refractivity contribution in [1.82, 2.24) is 10.2 Å². The maximum Gasteiger partial charge on any atom is 0.229 e. The highest BCUT2D eigenvalue weighted by Gasteiger charge is 1.98. The third kappa shape index (κ3) is 2.25. The van der Waals surface area contributed by atoms with Gasteiger partial charge in [-0.15, -0.1) is 6.58 Å². The molecule has 0 aliphatic carbocycles. The maximum absolute atomic E-state index is 10.9. The average molecular weight is 151 g/mol. The molecule has 0 aliphatic heterocycles. The van der Waals surface area contributed by atoms with E-state index in [4.69, 9.17) is 0 Å². The highest BCUT2D eigenvalue weighted by molar-refractivity contribution is 5.90. The number of hydrogen-bond donors (Lipinski definition) is 2. The fourth-order valence-electron chi connectivity index (χ4n) is 0.658. The molecule has 4 heteroatoms. The van der Waals surface area contributed by atoms with E-state index >= 15 is 0 Å². The second-order valence-corrected chi connectivity index (χ2v) is 2.01. The van der Waals surface area contributed by atoms with Crippen LogP contribution in [-0.2, 0) is 4.79 Å². The van der Waals surface area contributed by atoms with Crippen LogP contribution in [0.25, 0.3) is 0 Å². The molecule has 2 N–H and O–H groups in total. The van der Waals surface area contributed by atoms with Crippen molar-refractivity contribution in [3.8, 4) is 0 Å². The van der Waals surface area contributed by atoms with Crippen LogP contribution < -0.4 is 5.32 Å². The lowest BCUT2D eigenvalue weighted by atomic mass is 10.4. The van der Waals surface area contributed by atoms with Gasteiger partial charge in [-0.3, -0.25) is 9.89 Å². The van der Waals surface area contributed by atoms with Crippen LogP contribution in [0, 0.1) is 0 Å². The van der Waals surface area contributed by atoms with Crippen molar-refractivity contribution < 1.29 is 4.79 Å². The minimum absolute atomic E-state index is 0.0933. The van der Waals surface area contributed by atoms with Gasteiger partial charge in [-0.1, -0.05) is 6.08 Å². The van der Waals surface area contributed by atoms with Crippen molar-refractivity contribution in [3.05, 3.63) is 24.9 Å². The first kappa shape index (κ1) is 7.53. The minimum atomic E-state index is -0.0933. The normalized spacial score (nSPS) is 9.09. The molecule has 0 aromatic carbocycles. The fraction of sp³-hybridized carbons (Fsp3) is 0.143. The van der Waals surface area contributed by atoms with Crippen LogP contribution in [0.3, 0.4) is 0 Å². The lowest BCUT2D eigenvalue weighted by molar-refractivity contribution is -0.115. The Labute approximate surface area is 64.3 Å².